The first kappa shape index (κ1) is 15.2. The summed E-state index contributed by atoms with van der Waals surface area (Å²) in [6.45, 7) is 3.71. The van der Waals surface area contributed by atoms with Crippen LogP contribution in [-0.4, -0.2) is 45.2 Å². The van der Waals surface area contributed by atoms with E-state index in [0.29, 0.717) is 6.54 Å². The predicted octanol–water partition coefficient (Wildman–Crippen LogP) is 0.994. The third-order valence-corrected chi connectivity index (χ3v) is 3.58. The minimum Gasteiger partial charge on any atom is -0.352 e. The molecule has 0 radical (unpaired) electrons. The summed E-state index contributed by atoms with van der Waals surface area (Å²) in [5, 5.41) is 13.6. The lowest BCUT2D eigenvalue weighted by Gasteiger charge is -2.41. The molecule has 1 aliphatic heterocycles. The average Bonchev–Trinajstić information content (AvgIpc) is 2.40. The van der Waals surface area contributed by atoms with Crippen LogP contribution in [0.3, 0.4) is 0 Å². The fourth-order valence-corrected chi connectivity index (χ4v) is 2.30. The summed E-state index contributed by atoms with van der Waals surface area (Å²) in [5.41, 5.74) is -1.71. The summed E-state index contributed by atoms with van der Waals surface area (Å²) in [5.74, 6) is -0.934. The van der Waals surface area contributed by atoms with Crippen molar-refractivity contribution in [2.24, 2.45) is 0 Å². The van der Waals surface area contributed by atoms with Crippen LogP contribution in [0, 0.1) is 10.1 Å². The number of carbonyl (C=O) groups excluding carboxylic acids is 2. The molecule has 2 amide bonds. The minimum atomic E-state index is -1.10. The molecular weight excluding hydrogens is 300 g/mol. The Morgan fingerprint density at radius 1 is 1.57 bits per heavy atom. The molecule has 2 rings (SSSR count). The smallest absolute Gasteiger partial charge is 0.300 e. The van der Waals surface area contributed by atoms with E-state index in [0.717, 1.165) is 12.3 Å². The number of pyridine rings is 1. The molecule has 1 fully saturated rings. The van der Waals surface area contributed by atoms with Gasteiger partial charge in [0, 0.05) is 13.1 Å². The first-order chi connectivity index (χ1) is 9.75. The zero-order valence-corrected chi connectivity index (χ0v) is 12.2. The first-order valence-electron chi connectivity index (χ1n) is 6.15. The summed E-state index contributed by atoms with van der Waals surface area (Å²) in [7, 11) is 0. The van der Waals surface area contributed by atoms with E-state index in [-0.39, 0.29) is 23.2 Å². The number of nitrogens with one attached hydrogen (secondary N) is 1. The van der Waals surface area contributed by atoms with Gasteiger partial charge in [0.15, 0.2) is 0 Å². The van der Waals surface area contributed by atoms with Gasteiger partial charge in [-0.05, 0) is 19.9 Å². The van der Waals surface area contributed by atoms with Crippen LogP contribution < -0.4 is 5.32 Å². The Morgan fingerprint density at radius 2 is 2.24 bits per heavy atom. The number of piperazine rings is 1. The molecule has 1 aromatic heterocycles. The summed E-state index contributed by atoms with van der Waals surface area (Å²) in [6.07, 6.45) is 0.937. The van der Waals surface area contributed by atoms with E-state index in [1.807, 2.05) is 0 Å². The van der Waals surface area contributed by atoms with E-state index in [1.165, 1.54) is 4.90 Å². The molecule has 1 aliphatic rings. The topological polar surface area (TPSA) is 105 Å². The Kier molecular flexibility index (Phi) is 3.82. The third kappa shape index (κ3) is 2.66. The molecule has 2 heterocycles. The molecule has 0 unspecified atom stereocenters. The Bertz CT molecular complexity index is 632. The highest BCUT2D eigenvalue weighted by atomic mass is 35.5. The molecule has 0 spiro atoms. The van der Waals surface area contributed by atoms with E-state index in [9.17, 15) is 19.7 Å². The Balaban J connectivity index is 2.47. The molecule has 0 atom stereocenters. The van der Waals surface area contributed by atoms with Gasteiger partial charge >= 0.3 is 0 Å². The second-order valence-electron chi connectivity index (χ2n) is 5.05. The predicted molar refractivity (Wildman–Crippen MR) is 74.0 cm³/mol. The van der Waals surface area contributed by atoms with Crippen LogP contribution in [0.1, 0.15) is 24.2 Å². The van der Waals surface area contributed by atoms with Gasteiger partial charge in [0.1, 0.15) is 22.5 Å². The van der Waals surface area contributed by atoms with Gasteiger partial charge in [-0.2, -0.15) is 0 Å². The van der Waals surface area contributed by atoms with Crippen LogP contribution in [0.15, 0.2) is 12.3 Å². The van der Waals surface area contributed by atoms with Gasteiger partial charge in [-0.15, -0.1) is 0 Å². The van der Waals surface area contributed by atoms with Gasteiger partial charge in [-0.1, -0.05) is 11.6 Å². The van der Waals surface area contributed by atoms with Gasteiger partial charge in [0.05, 0.1) is 4.92 Å². The van der Waals surface area contributed by atoms with Crippen molar-refractivity contribution in [2.45, 2.75) is 19.4 Å². The van der Waals surface area contributed by atoms with Gasteiger partial charge < -0.3 is 10.2 Å². The summed E-state index contributed by atoms with van der Waals surface area (Å²) in [6, 6.07) is 1.14. The van der Waals surface area contributed by atoms with Crippen LogP contribution in [0.2, 0.25) is 5.15 Å². The van der Waals surface area contributed by atoms with Crippen molar-refractivity contribution in [3.8, 4) is 0 Å². The fraction of sp³-hybridized carbons (Fsp3) is 0.417. The standard InChI is InChI=1S/C12H13ClN4O4/c1-12(2)11(19)14-3-4-16(12)10(18)7-5-9(13)15-6-8(7)17(20)21/h5-6H,3-4H2,1-2H3,(H,14,19). The van der Waals surface area contributed by atoms with Crippen LogP contribution in [0.4, 0.5) is 5.69 Å². The zero-order chi connectivity index (χ0) is 15.8. The lowest BCUT2D eigenvalue weighted by Crippen LogP contribution is -2.63. The summed E-state index contributed by atoms with van der Waals surface area (Å²) < 4.78 is 0. The molecule has 1 N–H and O–H groups in total. The molecule has 112 valence electrons. The number of rotatable bonds is 2. The van der Waals surface area contributed by atoms with Crippen LogP contribution in [0.25, 0.3) is 0 Å². The minimum absolute atomic E-state index is 0.0248. The SMILES string of the molecule is CC1(C)C(=O)NCCN1C(=O)c1cc(Cl)ncc1[N+](=O)[O-]. The van der Waals surface area contributed by atoms with Gasteiger partial charge in [0.2, 0.25) is 5.91 Å². The van der Waals surface area contributed by atoms with Crippen molar-refractivity contribution in [3.63, 3.8) is 0 Å². The number of aromatic nitrogens is 1. The summed E-state index contributed by atoms with van der Waals surface area (Å²) >= 11 is 5.72. The largest absolute Gasteiger partial charge is 0.352 e. The second kappa shape index (κ2) is 5.28. The number of hydrogen-bond acceptors (Lipinski definition) is 5. The molecule has 8 nitrogen and oxygen atoms in total. The third-order valence-electron chi connectivity index (χ3n) is 3.37. The van der Waals surface area contributed by atoms with Gasteiger partial charge in [0.25, 0.3) is 11.6 Å². The van der Waals surface area contributed by atoms with Gasteiger partial charge in [-0.25, -0.2) is 4.98 Å². The van der Waals surface area contributed by atoms with Crippen LogP contribution in [-0.2, 0) is 4.79 Å². The first-order valence-corrected chi connectivity index (χ1v) is 6.53. The molecule has 1 aromatic rings. The molecule has 9 heteroatoms. The van der Waals surface area contributed by atoms with Crippen molar-refractivity contribution in [2.75, 3.05) is 13.1 Å². The van der Waals surface area contributed by atoms with E-state index < -0.39 is 22.1 Å². The molecule has 0 saturated carbocycles. The van der Waals surface area contributed by atoms with Gasteiger partial charge in [-0.3, -0.25) is 19.7 Å². The lowest BCUT2D eigenvalue weighted by molar-refractivity contribution is -0.385. The van der Waals surface area contributed by atoms with E-state index in [1.54, 1.807) is 13.8 Å². The summed E-state index contributed by atoms with van der Waals surface area (Å²) in [4.78, 5) is 39.7. The highest BCUT2D eigenvalue weighted by Gasteiger charge is 2.42. The van der Waals surface area contributed by atoms with Crippen molar-refractivity contribution >= 4 is 29.1 Å². The maximum Gasteiger partial charge on any atom is 0.300 e. The highest BCUT2D eigenvalue weighted by molar-refractivity contribution is 6.29. The second-order valence-corrected chi connectivity index (χ2v) is 5.44. The van der Waals surface area contributed by atoms with Crippen LogP contribution in [0.5, 0.6) is 0 Å². The fourth-order valence-electron chi connectivity index (χ4n) is 2.14. The number of hydrogen-bond donors (Lipinski definition) is 1. The zero-order valence-electron chi connectivity index (χ0n) is 11.4. The molecule has 0 aromatic carbocycles. The lowest BCUT2D eigenvalue weighted by atomic mass is 9.97. The molecule has 0 aliphatic carbocycles. The van der Waals surface area contributed by atoms with E-state index >= 15 is 0 Å². The molecule has 0 bridgehead atoms. The van der Waals surface area contributed by atoms with Crippen molar-refractivity contribution in [1.29, 1.82) is 0 Å². The molecule has 1 saturated heterocycles. The van der Waals surface area contributed by atoms with Crippen molar-refractivity contribution < 1.29 is 14.5 Å². The van der Waals surface area contributed by atoms with E-state index in [2.05, 4.69) is 10.3 Å². The highest BCUT2D eigenvalue weighted by Crippen LogP contribution is 2.26. The Morgan fingerprint density at radius 3 is 2.86 bits per heavy atom. The van der Waals surface area contributed by atoms with Crippen LogP contribution >= 0.6 is 11.6 Å². The number of halogens is 1. The normalized spacial score (nSPS) is 17.3. The number of nitrogens with zero attached hydrogens (tertiary/aromatic N) is 3. The molecular formula is C12H13ClN4O4. The Labute approximate surface area is 125 Å². The van der Waals surface area contributed by atoms with E-state index in [4.69, 9.17) is 11.6 Å². The number of amides is 2. The van der Waals surface area contributed by atoms with Crippen molar-refractivity contribution in [1.82, 2.24) is 15.2 Å². The molecule has 21 heavy (non-hydrogen) atoms. The number of nitro groups is 1. The average molecular weight is 313 g/mol. The van der Waals surface area contributed by atoms with Crippen molar-refractivity contribution in [3.05, 3.63) is 33.1 Å². The maximum absolute atomic E-state index is 12.6. The maximum atomic E-state index is 12.6. The Hall–Kier alpha value is -2.22. The number of carbonyl (C=O) groups is 2. The monoisotopic (exact) mass is 312 g/mol. The quantitative estimate of drug-likeness (QED) is 0.498.